The predicted octanol–water partition coefficient (Wildman–Crippen LogP) is 5.10. The first-order valence-electron chi connectivity index (χ1n) is 13.5. The maximum absolute atomic E-state index is 13.5. The predicted molar refractivity (Wildman–Crippen MR) is 155 cm³/mol. The molecule has 0 radical (unpaired) electrons. The molecule has 0 amide bonds. The Balaban J connectivity index is 1.48. The monoisotopic (exact) mass is 552 g/mol. The topological polar surface area (TPSA) is 107 Å². The number of carbonyl (C=O) groups is 1. The van der Waals surface area contributed by atoms with Crippen LogP contribution in [-0.4, -0.2) is 72.4 Å². The van der Waals surface area contributed by atoms with Gasteiger partial charge in [-0.1, -0.05) is 60.6 Å². The summed E-state index contributed by atoms with van der Waals surface area (Å²) in [4.78, 5) is 36.3. The normalized spacial score (nSPS) is 19.7. The number of nitro benzene ring substituents is 1. The van der Waals surface area contributed by atoms with Crippen LogP contribution in [0.5, 0.6) is 0 Å². The molecule has 0 aliphatic carbocycles. The van der Waals surface area contributed by atoms with E-state index < -0.39 is 22.9 Å². The standard InChI is InChI=1S/C29H36N4O5S/c1-39-29-30-25(21-37-19-17-32-15-6-3-7-16-32)26(27(31-29)23-13-8-14-24(20-23)33(35)36)28(34)38-18-9-12-22-10-4-2-5-11-22/h2,4-5,8,10-11,13-14,20,26-27H,3,6-7,9,12,15-19,21H2,1H3. The Hall–Kier alpha value is -3.08. The molecule has 2 aliphatic rings. The number of esters is 1. The fraction of sp³-hybridized carbons (Fsp3) is 0.483. The number of carbonyl (C=O) groups excluding carboxylic acids is 1. The summed E-state index contributed by atoms with van der Waals surface area (Å²) in [5, 5.41) is 12.0. The summed E-state index contributed by atoms with van der Waals surface area (Å²) in [6.07, 6.45) is 7.04. The Morgan fingerprint density at radius 1 is 1.10 bits per heavy atom. The van der Waals surface area contributed by atoms with Gasteiger partial charge in [-0.15, -0.1) is 0 Å². The second-order valence-corrected chi connectivity index (χ2v) is 10.5. The molecule has 1 saturated heterocycles. The van der Waals surface area contributed by atoms with E-state index in [0.717, 1.165) is 26.1 Å². The number of non-ortho nitro benzene ring substituents is 1. The molecular formula is C29H36N4O5S. The second-order valence-electron chi connectivity index (χ2n) is 9.71. The van der Waals surface area contributed by atoms with Crippen molar-refractivity contribution < 1.29 is 19.2 Å². The van der Waals surface area contributed by atoms with Crippen molar-refractivity contribution in [1.82, 2.24) is 4.90 Å². The lowest BCUT2D eigenvalue weighted by Crippen LogP contribution is -2.38. The molecule has 0 saturated carbocycles. The van der Waals surface area contributed by atoms with Gasteiger partial charge >= 0.3 is 5.97 Å². The number of likely N-dealkylation sites (tertiary alicyclic amines) is 1. The summed E-state index contributed by atoms with van der Waals surface area (Å²) in [6.45, 7) is 3.96. The Morgan fingerprint density at radius 2 is 1.90 bits per heavy atom. The number of amidine groups is 1. The van der Waals surface area contributed by atoms with Gasteiger partial charge in [0, 0.05) is 18.7 Å². The van der Waals surface area contributed by atoms with Crippen molar-refractivity contribution in [3.8, 4) is 0 Å². The van der Waals surface area contributed by atoms with E-state index in [4.69, 9.17) is 14.5 Å². The summed E-state index contributed by atoms with van der Waals surface area (Å²) < 4.78 is 11.8. The van der Waals surface area contributed by atoms with Crippen molar-refractivity contribution in [2.24, 2.45) is 15.9 Å². The molecular weight excluding hydrogens is 516 g/mol. The van der Waals surface area contributed by atoms with Crippen LogP contribution in [0.15, 0.2) is 64.6 Å². The smallest absolute Gasteiger partial charge is 0.317 e. The lowest BCUT2D eigenvalue weighted by Gasteiger charge is -2.29. The van der Waals surface area contributed by atoms with Crippen molar-refractivity contribution in [2.75, 3.05) is 45.7 Å². The number of hydrogen-bond donors (Lipinski definition) is 0. The van der Waals surface area contributed by atoms with E-state index in [1.807, 2.05) is 36.6 Å². The number of aliphatic imine (C=N–C) groups is 2. The summed E-state index contributed by atoms with van der Waals surface area (Å²) in [5.74, 6) is -1.27. The molecule has 10 heteroatoms. The van der Waals surface area contributed by atoms with Gasteiger partial charge in [-0.25, -0.2) is 4.99 Å². The highest BCUT2D eigenvalue weighted by Crippen LogP contribution is 2.35. The average molecular weight is 553 g/mol. The van der Waals surface area contributed by atoms with Crippen LogP contribution in [0.4, 0.5) is 5.69 Å². The zero-order valence-corrected chi connectivity index (χ0v) is 23.2. The third kappa shape index (κ3) is 8.45. The zero-order chi connectivity index (χ0) is 27.5. The highest BCUT2D eigenvalue weighted by molar-refractivity contribution is 8.13. The first-order chi connectivity index (χ1) is 19.0. The molecule has 208 valence electrons. The van der Waals surface area contributed by atoms with Crippen molar-refractivity contribution >= 4 is 34.3 Å². The number of benzene rings is 2. The van der Waals surface area contributed by atoms with Gasteiger partial charge in [0.1, 0.15) is 5.92 Å². The summed E-state index contributed by atoms with van der Waals surface area (Å²) in [6, 6.07) is 15.6. The van der Waals surface area contributed by atoms with Gasteiger partial charge in [0.05, 0.1) is 36.5 Å². The quantitative estimate of drug-likeness (QED) is 0.156. The minimum Gasteiger partial charge on any atom is -0.465 e. The van der Waals surface area contributed by atoms with Crippen molar-refractivity contribution in [1.29, 1.82) is 0 Å². The molecule has 2 aromatic carbocycles. The highest BCUT2D eigenvalue weighted by Gasteiger charge is 2.39. The maximum Gasteiger partial charge on any atom is 0.317 e. The summed E-state index contributed by atoms with van der Waals surface area (Å²) >= 11 is 1.37. The molecule has 2 aliphatic heterocycles. The number of hydrogen-bond acceptors (Lipinski definition) is 9. The van der Waals surface area contributed by atoms with E-state index in [-0.39, 0.29) is 18.9 Å². The number of piperidine rings is 1. The molecule has 0 spiro atoms. The molecule has 2 unspecified atom stereocenters. The number of nitro groups is 1. The van der Waals surface area contributed by atoms with E-state index in [2.05, 4.69) is 9.89 Å². The number of nitrogens with zero attached hydrogens (tertiary/aromatic N) is 4. The lowest BCUT2D eigenvalue weighted by molar-refractivity contribution is -0.384. The lowest BCUT2D eigenvalue weighted by atomic mass is 9.88. The Labute approximate surface area is 233 Å². The maximum atomic E-state index is 13.5. The second kappa shape index (κ2) is 14.9. The molecule has 0 aromatic heterocycles. The zero-order valence-electron chi connectivity index (χ0n) is 22.4. The largest absolute Gasteiger partial charge is 0.465 e. The Bertz CT molecular complexity index is 1170. The summed E-state index contributed by atoms with van der Waals surface area (Å²) in [7, 11) is 0. The Morgan fingerprint density at radius 3 is 2.64 bits per heavy atom. The van der Waals surface area contributed by atoms with Gasteiger partial charge in [0.2, 0.25) is 0 Å². The van der Waals surface area contributed by atoms with E-state index in [1.54, 1.807) is 12.1 Å². The van der Waals surface area contributed by atoms with Crippen LogP contribution in [-0.2, 0) is 20.7 Å². The van der Waals surface area contributed by atoms with Gasteiger partial charge in [0.15, 0.2) is 5.17 Å². The Kier molecular flexibility index (Phi) is 11.1. The van der Waals surface area contributed by atoms with Crippen LogP contribution in [0, 0.1) is 16.0 Å². The highest BCUT2D eigenvalue weighted by atomic mass is 32.2. The van der Waals surface area contributed by atoms with E-state index in [1.165, 1.54) is 48.7 Å². The van der Waals surface area contributed by atoms with Gasteiger partial charge in [-0.2, -0.15) is 0 Å². The minimum atomic E-state index is -0.824. The van der Waals surface area contributed by atoms with Crippen molar-refractivity contribution in [2.45, 2.75) is 38.1 Å². The average Bonchev–Trinajstić information content (AvgIpc) is 2.98. The molecule has 9 nitrogen and oxygen atoms in total. The molecule has 1 fully saturated rings. The van der Waals surface area contributed by atoms with Gasteiger partial charge in [-0.3, -0.25) is 19.9 Å². The third-order valence-corrected chi connectivity index (χ3v) is 7.53. The molecule has 39 heavy (non-hydrogen) atoms. The van der Waals surface area contributed by atoms with Crippen LogP contribution in [0.1, 0.15) is 42.9 Å². The van der Waals surface area contributed by atoms with Crippen molar-refractivity contribution in [3.63, 3.8) is 0 Å². The SMILES string of the molecule is CSC1=NC(c2cccc([N+](=O)[O-])c2)C(C(=O)OCCCc2ccccc2)C(COCCN2CCCCC2)=N1. The van der Waals surface area contributed by atoms with Crippen molar-refractivity contribution in [3.05, 3.63) is 75.8 Å². The number of rotatable bonds is 12. The molecule has 0 bridgehead atoms. The molecule has 2 atom stereocenters. The van der Waals surface area contributed by atoms with Crippen LogP contribution in [0.3, 0.4) is 0 Å². The fourth-order valence-corrected chi connectivity index (χ4v) is 5.34. The number of ether oxygens (including phenoxy) is 2. The molecule has 2 aromatic rings. The first-order valence-corrected chi connectivity index (χ1v) is 14.7. The van der Waals surface area contributed by atoms with Gasteiger partial charge in [0.25, 0.3) is 5.69 Å². The molecule has 4 rings (SSSR count). The number of thioether (sulfide) groups is 1. The van der Waals surface area contributed by atoms with Gasteiger partial charge < -0.3 is 14.4 Å². The van der Waals surface area contributed by atoms with Crippen LogP contribution in [0.2, 0.25) is 0 Å². The fourth-order valence-electron chi connectivity index (χ4n) is 4.91. The summed E-state index contributed by atoms with van der Waals surface area (Å²) in [5.41, 5.74) is 2.24. The molecule has 2 heterocycles. The van der Waals surface area contributed by atoms with Crippen LogP contribution in [0.25, 0.3) is 0 Å². The third-order valence-electron chi connectivity index (χ3n) is 6.97. The van der Waals surface area contributed by atoms with Crippen LogP contribution < -0.4 is 0 Å². The first kappa shape index (κ1) is 28.9. The number of aryl methyl sites for hydroxylation is 1. The minimum absolute atomic E-state index is 0.0507. The van der Waals surface area contributed by atoms with E-state index >= 15 is 0 Å². The van der Waals surface area contributed by atoms with Gasteiger partial charge in [-0.05, 0) is 56.2 Å². The van der Waals surface area contributed by atoms with Crippen LogP contribution >= 0.6 is 11.8 Å². The molecule has 0 N–H and O–H groups in total. The van der Waals surface area contributed by atoms with E-state index in [9.17, 15) is 14.9 Å². The van der Waals surface area contributed by atoms with E-state index in [0.29, 0.717) is 29.5 Å².